The van der Waals surface area contributed by atoms with E-state index in [0.717, 1.165) is 0 Å². The van der Waals surface area contributed by atoms with Crippen LogP contribution in [0.1, 0.15) is 0 Å². The van der Waals surface area contributed by atoms with Gasteiger partial charge in [0.15, 0.2) is 6.10 Å². The average molecular weight is 287 g/mol. The Kier molecular flexibility index (Phi) is 3.91. The number of nitrogens with one attached hydrogen (secondary N) is 2. The normalized spacial score (nSPS) is 13.2. The van der Waals surface area contributed by atoms with Gasteiger partial charge in [-0.15, -0.1) is 0 Å². The number of para-hydroxylation sites is 1. The Morgan fingerprint density at radius 2 is 1.95 bits per heavy atom. The average Bonchev–Trinajstić information content (AvgIpc) is 2.42. The second-order valence-corrected chi connectivity index (χ2v) is 4.00. The van der Waals surface area contributed by atoms with Crippen molar-refractivity contribution >= 4 is 22.7 Å². The van der Waals surface area contributed by atoms with Crippen molar-refractivity contribution in [2.24, 2.45) is 5.84 Å². The summed E-state index contributed by atoms with van der Waals surface area (Å²) in [5.74, 6) is 5.42. The highest BCUT2D eigenvalue weighted by Crippen LogP contribution is 2.24. The van der Waals surface area contributed by atoms with E-state index in [1.54, 1.807) is 24.3 Å². The van der Waals surface area contributed by atoms with Crippen LogP contribution in [0, 0.1) is 0 Å². The lowest BCUT2D eigenvalue weighted by atomic mass is 10.2. The van der Waals surface area contributed by atoms with Crippen LogP contribution in [0.25, 0.3) is 10.9 Å². The number of fused-ring (bicyclic) bond motifs is 1. The molecular weight excluding hydrogens is 275 g/mol. The molecule has 0 aliphatic carbocycles. The summed E-state index contributed by atoms with van der Waals surface area (Å²) < 4.78 is 36.8. The van der Waals surface area contributed by atoms with Gasteiger partial charge in [-0.1, -0.05) is 12.1 Å². The van der Waals surface area contributed by atoms with E-state index < -0.39 is 18.8 Å². The van der Waals surface area contributed by atoms with Crippen molar-refractivity contribution in [1.82, 2.24) is 9.97 Å². The summed E-state index contributed by atoms with van der Waals surface area (Å²) in [5.41, 5.74) is 2.74. The molecule has 0 amide bonds. The van der Waals surface area contributed by atoms with Crippen LogP contribution in [-0.2, 0) is 0 Å². The zero-order valence-corrected chi connectivity index (χ0v) is 10.1. The minimum absolute atomic E-state index is 0.0627. The molecule has 0 bridgehead atoms. The monoisotopic (exact) mass is 287 g/mol. The molecule has 2 aromatic rings. The number of hydrogen-bond acceptors (Lipinski definition) is 6. The van der Waals surface area contributed by atoms with E-state index in [1.165, 1.54) is 0 Å². The Morgan fingerprint density at radius 3 is 2.60 bits per heavy atom. The molecule has 1 unspecified atom stereocenters. The fraction of sp³-hybridized carbons (Fsp3) is 0.273. The van der Waals surface area contributed by atoms with E-state index in [2.05, 4.69) is 20.7 Å². The van der Waals surface area contributed by atoms with Crippen molar-refractivity contribution in [1.29, 1.82) is 0 Å². The molecule has 6 nitrogen and oxygen atoms in total. The molecule has 0 saturated heterocycles. The van der Waals surface area contributed by atoms with E-state index >= 15 is 0 Å². The highest BCUT2D eigenvalue weighted by atomic mass is 19.4. The lowest BCUT2D eigenvalue weighted by Gasteiger charge is -2.16. The number of alkyl halides is 3. The fourth-order valence-electron chi connectivity index (χ4n) is 1.58. The van der Waals surface area contributed by atoms with Crippen molar-refractivity contribution in [3.63, 3.8) is 0 Å². The van der Waals surface area contributed by atoms with E-state index in [0.29, 0.717) is 10.9 Å². The number of anilines is 2. The Hall–Kier alpha value is -2.13. The first-order valence-electron chi connectivity index (χ1n) is 5.64. The maximum Gasteiger partial charge on any atom is 0.416 e. The Bertz CT molecular complexity index is 604. The minimum Gasteiger partial charge on any atom is -0.382 e. The molecule has 0 radical (unpaired) electrons. The van der Waals surface area contributed by atoms with Crippen LogP contribution >= 0.6 is 0 Å². The molecule has 0 aliphatic rings. The third-order valence-electron chi connectivity index (χ3n) is 2.57. The predicted octanol–water partition coefficient (Wildman–Crippen LogP) is 1.25. The molecule has 0 fully saturated rings. The lowest BCUT2D eigenvalue weighted by molar-refractivity contribution is -0.198. The van der Waals surface area contributed by atoms with E-state index in [-0.39, 0.29) is 11.8 Å². The topological polar surface area (TPSA) is 96.1 Å². The molecule has 5 N–H and O–H groups in total. The summed E-state index contributed by atoms with van der Waals surface area (Å²) in [6.07, 6.45) is -7.17. The van der Waals surface area contributed by atoms with Crippen LogP contribution in [0.2, 0.25) is 0 Å². The van der Waals surface area contributed by atoms with E-state index in [9.17, 15) is 13.2 Å². The van der Waals surface area contributed by atoms with Crippen molar-refractivity contribution in [2.75, 3.05) is 17.3 Å². The summed E-state index contributed by atoms with van der Waals surface area (Å²) in [4.78, 5) is 7.99. The summed E-state index contributed by atoms with van der Waals surface area (Å²) in [7, 11) is 0. The Balaban J connectivity index is 2.29. The number of nitrogens with two attached hydrogens (primary N) is 1. The second-order valence-electron chi connectivity index (χ2n) is 4.00. The zero-order chi connectivity index (χ0) is 14.8. The van der Waals surface area contributed by atoms with Crippen LogP contribution in [0.5, 0.6) is 0 Å². The predicted molar refractivity (Wildman–Crippen MR) is 67.9 cm³/mol. The van der Waals surface area contributed by atoms with Gasteiger partial charge in [-0.3, -0.25) is 5.43 Å². The van der Waals surface area contributed by atoms with Crippen LogP contribution in [-0.4, -0.2) is 33.9 Å². The molecule has 108 valence electrons. The largest absolute Gasteiger partial charge is 0.416 e. The number of benzene rings is 1. The number of rotatable bonds is 4. The van der Waals surface area contributed by atoms with Gasteiger partial charge in [0, 0.05) is 5.39 Å². The number of aliphatic hydroxyl groups excluding tert-OH is 1. The van der Waals surface area contributed by atoms with Crippen molar-refractivity contribution in [2.45, 2.75) is 12.3 Å². The molecule has 9 heteroatoms. The Labute approximate surface area is 111 Å². The van der Waals surface area contributed by atoms with Gasteiger partial charge in [0.05, 0.1) is 12.1 Å². The maximum atomic E-state index is 12.3. The number of aliphatic hydroxyl groups is 1. The summed E-state index contributed by atoms with van der Waals surface area (Å²) in [6.45, 7) is -0.714. The first kappa shape index (κ1) is 14.3. The van der Waals surface area contributed by atoms with Crippen LogP contribution in [0.15, 0.2) is 24.3 Å². The standard InChI is InChI=1S/C11H12F3N5O/c12-11(13,14)8(20)5-16-9-6-3-1-2-4-7(6)17-10(18-9)19-15/h1-4,8,20H,5,15H2,(H2,16,17,18,19). The lowest BCUT2D eigenvalue weighted by Crippen LogP contribution is -2.35. The third-order valence-corrected chi connectivity index (χ3v) is 2.57. The molecule has 1 heterocycles. The van der Waals surface area contributed by atoms with Crippen LogP contribution in [0.4, 0.5) is 24.9 Å². The summed E-state index contributed by atoms with van der Waals surface area (Å²) in [6, 6.07) is 6.75. The van der Waals surface area contributed by atoms with Crippen molar-refractivity contribution in [3.05, 3.63) is 24.3 Å². The van der Waals surface area contributed by atoms with Gasteiger partial charge < -0.3 is 10.4 Å². The molecule has 1 aromatic heterocycles. The van der Waals surface area contributed by atoms with E-state index in [1.807, 2.05) is 0 Å². The van der Waals surface area contributed by atoms with Crippen molar-refractivity contribution in [3.8, 4) is 0 Å². The molecule has 20 heavy (non-hydrogen) atoms. The van der Waals surface area contributed by atoms with Gasteiger partial charge in [-0.2, -0.15) is 18.2 Å². The van der Waals surface area contributed by atoms with Gasteiger partial charge in [0.25, 0.3) is 0 Å². The SMILES string of the molecule is NNc1nc(NCC(O)C(F)(F)F)c2ccccc2n1. The molecular formula is C11H12F3N5O. The molecule has 2 rings (SSSR count). The van der Waals surface area contributed by atoms with Gasteiger partial charge in [-0.25, -0.2) is 10.8 Å². The number of nitrogen functional groups attached to an aromatic ring is 1. The highest BCUT2D eigenvalue weighted by Gasteiger charge is 2.38. The quantitative estimate of drug-likeness (QED) is 0.499. The summed E-state index contributed by atoms with van der Waals surface area (Å²) >= 11 is 0. The number of nitrogens with zero attached hydrogens (tertiary/aromatic N) is 2. The zero-order valence-electron chi connectivity index (χ0n) is 10.1. The Morgan fingerprint density at radius 1 is 1.25 bits per heavy atom. The number of hydrazine groups is 1. The van der Waals surface area contributed by atoms with Gasteiger partial charge in [0.1, 0.15) is 5.82 Å². The first-order valence-corrected chi connectivity index (χ1v) is 5.64. The first-order chi connectivity index (χ1) is 9.41. The third kappa shape index (κ3) is 3.06. The van der Waals surface area contributed by atoms with E-state index in [4.69, 9.17) is 10.9 Å². The van der Waals surface area contributed by atoms with Crippen LogP contribution in [0.3, 0.4) is 0 Å². The molecule has 0 spiro atoms. The molecule has 1 aromatic carbocycles. The van der Waals surface area contributed by atoms with Crippen LogP contribution < -0.4 is 16.6 Å². The molecule has 1 atom stereocenters. The van der Waals surface area contributed by atoms with Gasteiger partial charge in [-0.05, 0) is 12.1 Å². The van der Waals surface area contributed by atoms with Gasteiger partial charge in [0.2, 0.25) is 5.95 Å². The summed E-state index contributed by atoms with van der Waals surface area (Å²) in [5, 5.41) is 12.0. The molecule has 0 saturated carbocycles. The highest BCUT2D eigenvalue weighted by molar-refractivity contribution is 5.89. The smallest absolute Gasteiger partial charge is 0.382 e. The second kappa shape index (κ2) is 5.47. The van der Waals surface area contributed by atoms with Crippen molar-refractivity contribution < 1.29 is 18.3 Å². The minimum atomic E-state index is -4.69. The fourth-order valence-corrected chi connectivity index (χ4v) is 1.58. The maximum absolute atomic E-state index is 12.3. The molecule has 0 aliphatic heterocycles. The number of halogens is 3. The number of aromatic nitrogens is 2. The number of hydrogen-bond donors (Lipinski definition) is 4. The van der Waals surface area contributed by atoms with Gasteiger partial charge >= 0.3 is 6.18 Å².